The normalized spacial score (nSPS) is 11.1. The van der Waals surface area contributed by atoms with Crippen LogP contribution in [0, 0.1) is 0 Å². The van der Waals surface area contributed by atoms with Crippen LogP contribution in [0.5, 0.6) is 0 Å². The Hall–Kier alpha value is 0.543. The average Bonchev–Trinajstić information content (AvgIpc) is 2.17. The fourth-order valence-corrected chi connectivity index (χ4v) is 8.60. The molecule has 0 saturated carbocycles. The molecule has 0 spiro atoms. The van der Waals surface area contributed by atoms with Crippen molar-refractivity contribution in [2.75, 3.05) is 0 Å². The zero-order valence-corrected chi connectivity index (χ0v) is 12.0. The van der Waals surface area contributed by atoms with Gasteiger partial charge in [-0.3, -0.25) is 0 Å². The molecule has 0 unspecified atom stereocenters. The molecule has 82 valence electrons. The van der Waals surface area contributed by atoms with Gasteiger partial charge in [0.2, 0.25) is 0 Å². The van der Waals surface area contributed by atoms with Gasteiger partial charge in [-0.05, 0) is 0 Å². The summed E-state index contributed by atoms with van der Waals surface area (Å²) >= 11 is -0.552. The summed E-state index contributed by atoms with van der Waals surface area (Å²) in [6.45, 7) is 6.99. The van der Waals surface area contributed by atoms with E-state index in [1.807, 2.05) is 0 Å². The number of hydrogen-bond acceptors (Lipinski definition) is 0. The summed E-state index contributed by atoms with van der Waals surface area (Å²) in [5.74, 6) is 0. The molecule has 1 heteroatoms. The molecule has 0 heterocycles. The number of unbranched alkanes of at least 4 members (excludes halogenated alkanes) is 3. The first-order valence-corrected chi connectivity index (χ1v) is 10.6. The van der Waals surface area contributed by atoms with Crippen molar-refractivity contribution in [2.45, 2.75) is 75.1 Å². The third-order valence-electron chi connectivity index (χ3n) is 2.65. The van der Waals surface area contributed by atoms with Crippen LogP contribution in [0.3, 0.4) is 0 Å². The van der Waals surface area contributed by atoms with E-state index in [1.165, 1.54) is 38.5 Å². The van der Waals surface area contributed by atoms with Crippen molar-refractivity contribution < 1.29 is 1.43 Å². The molecule has 0 aliphatic rings. The van der Waals surface area contributed by atoms with Gasteiger partial charge in [0.15, 0.2) is 0 Å². The van der Waals surface area contributed by atoms with Crippen LogP contribution < -0.4 is 0 Å². The van der Waals surface area contributed by atoms with Crippen LogP contribution in [-0.4, -0.2) is 14.3 Å². The minimum absolute atomic E-state index is 0. The molecule has 13 heavy (non-hydrogen) atoms. The minimum Gasteiger partial charge on any atom is -1.00 e. The predicted molar refractivity (Wildman–Crippen MR) is 66.0 cm³/mol. The van der Waals surface area contributed by atoms with E-state index in [1.54, 1.807) is 15.8 Å². The van der Waals surface area contributed by atoms with Crippen molar-refractivity contribution in [3.63, 3.8) is 0 Å². The van der Waals surface area contributed by atoms with Gasteiger partial charge in [0.05, 0.1) is 0 Å². The van der Waals surface area contributed by atoms with Crippen molar-refractivity contribution in [1.29, 1.82) is 0 Å². The molecule has 0 atom stereocenters. The van der Waals surface area contributed by atoms with E-state index in [0.717, 1.165) is 0 Å². The summed E-state index contributed by atoms with van der Waals surface area (Å²) in [7, 11) is 0. The Labute approximate surface area is 91.1 Å². The van der Waals surface area contributed by atoms with E-state index < -0.39 is 14.3 Å². The van der Waals surface area contributed by atoms with Gasteiger partial charge in [0.1, 0.15) is 0 Å². The number of rotatable bonds is 9. The summed E-state index contributed by atoms with van der Waals surface area (Å²) < 4.78 is 0. The fraction of sp³-hybridized carbons (Fsp3) is 1.00. The van der Waals surface area contributed by atoms with Crippen molar-refractivity contribution >= 4 is 14.3 Å². The first-order chi connectivity index (χ1) is 6.35. The Morgan fingerprint density at radius 3 is 1.23 bits per heavy atom. The largest absolute Gasteiger partial charge is 1.00 e. The first kappa shape index (κ1) is 13.5. The Morgan fingerprint density at radius 1 is 0.692 bits per heavy atom. The summed E-state index contributed by atoms with van der Waals surface area (Å²) in [4.78, 5) is 0. The van der Waals surface area contributed by atoms with Gasteiger partial charge in [-0.15, -0.1) is 0 Å². The average molecular weight is 245 g/mol. The van der Waals surface area contributed by atoms with Crippen molar-refractivity contribution in [3.8, 4) is 0 Å². The monoisotopic (exact) mass is 246 g/mol. The van der Waals surface area contributed by atoms with E-state index in [4.69, 9.17) is 0 Å². The maximum absolute atomic E-state index is 2.33. The standard InChI is InChI=1S/C12H27Ge.H/c1-4-7-10-13(11-8-5-2)12-9-6-3;/h4-12H2,1-3H3;/q2*-1. The van der Waals surface area contributed by atoms with Gasteiger partial charge in [0, 0.05) is 0 Å². The molecule has 0 aromatic heterocycles. The second-order valence-electron chi connectivity index (χ2n) is 4.06. The minimum atomic E-state index is -0.552. The molecule has 0 rings (SSSR count). The van der Waals surface area contributed by atoms with Crippen LogP contribution in [0.25, 0.3) is 0 Å². The predicted octanol–water partition coefficient (Wildman–Crippen LogP) is 4.99. The molecule has 0 aromatic carbocycles. The maximum Gasteiger partial charge on any atom is -1.00 e. The van der Waals surface area contributed by atoms with Crippen LogP contribution in [0.1, 0.15) is 60.7 Å². The summed E-state index contributed by atoms with van der Waals surface area (Å²) in [6, 6.07) is 0. The Kier molecular flexibility index (Phi) is 11.1. The molecule has 0 aliphatic heterocycles. The molecule has 0 aromatic rings. The molecule has 0 bridgehead atoms. The van der Waals surface area contributed by atoms with E-state index in [-0.39, 0.29) is 1.43 Å². The number of hydrogen-bond donors (Lipinski definition) is 0. The topological polar surface area (TPSA) is 0 Å². The van der Waals surface area contributed by atoms with Crippen LogP contribution in [0.15, 0.2) is 0 Å². The van der Waals surface area contributed by atoms with Crippen LogP contribution in [-0.2, 0) is 0 Å². The van der Waals surface area contributed by atoms with Crippen molar-refractivity contribution in [3.05, 3.63) is 0 Å². The Bertz CT molecular complexity index is 77.3. The van der Waals surface area contributed by atoms with E-state index in [9.17, 15) is 0 Å². The van der Waals surface area contributed by atoms with E-state index in [0.29, 0.717) is 0 Å². The fourth-order valence-electron chi connectivity index (χ4n) is 1.66. The Morgan fingerprint density at radius 2 is 1.00 bits per heavy atom. The first-order valence-electron chi connectivity index (χ1n) is 6.18. The zero-order chi connectivity index (χ0) is 9.94. The van der Waals surface area contributed by atoms with Gasteiger partial charge < -0.3 is 1.43 Å². The molecule has 0 aliphatic carbocycles. The second kappa shape index (κ2) is 10.6. The second-order valence-corrected chi connectivity index (χ2v) is 10.4. The smallest absolute Gasteiger partial charge is 1.00 e. The summed E-state index contributed by atoms with van der Waals surface area (Å²) in [6.07, 6.45) is 8.78. The molecule has 0 N–H and O–H groups in total. The van der Waals surface area contributed by atoms with E-state index >= 15 is 0 Å². The maximum atomic E-state index is 2.33. The van der Waals surface area contributed by atoms with Gasteiger partial charge in [-0.2, -0.15) is 0 Å². The Balaban J connectivity index is 0. The van der Waals surface area contributed by atoms with Crippen LogP contribution >= 0.6 is 0 Å². The van der Waals surface area contributed by atoms with E-state index in [2.05, 4.69) is 20.8 Å². The van der Waals surface area contributed by atoms with Crippen LogP contribution in [0.2, 0.25) is 15.8 Å². The quantitative estimate of drug-likeness (QED) is 0.501. The van der Waals surface area contributed by atoms with Crippen LogP contribution in [0.4, 0.5) is 0 Å². The molecule has 0 nitrogen and oxygen atoms in total. The van der Waals surface area contributed by atoms with Crippen molar-refractivity contribution in [2.24, 2.45) is 0 Å². The molecule has 0 amide bonds. The molecule has 0 fully saturated rings. The van der Waals surface area contributed by atoms with Gasteiger partial charge in [-0.25, -0.2) is 0 Å². The van der Waals surface area contributed by atoms with Gasteiger partial charge in [-0.1, -0.05) is 0 Å². The third kappa shape index (κ3) is 8.86. The third-order valence-corrected chi connectivity index (χ3v) is 9.33. The zero-order valence-electron chi connectivity index (χ0n) is 10.9. The van der Waals surface area contributed by atoms with Crippen molar-refractivity contribution in [1.82, 2.24) is 0 Å². The molecular weight excluding hydrogens is 217 g/mol. The summed E-state index contributed by atoms with van der Waals surface area (Å²) in [5, 5.41) is 4.95. The SMILES string of the molecule is CCC[CH2][Ge-]([CH2]CCC)[CH2]CCC.[H-]. The molecular formula is C12H28Ge-2. The molecule has 0 radical (unpaired) electrons. The van der Waals surface area contributed by atoms with Gasteiger partial charge >= 0.3 is 89.4 Å². The summed E-state index contributed by atoms with van der Waals surface area (Å²) in [5.41, 5.74) is 0. The van der Waals surface area contributed by atoms with Gasteiger partial charge in [0.25, 0.3) is 0 Å². The molecule has 0 saturated heterocycles.